The smallest absolute Gasteiger partial charge is 0.321 e. The van der Waals surface area contributed by atoms with Crippen LogP contribution >= 0.6 is 0 Å². The van der Waals surface area contributed by atoms with Gasteiger partial charge in [0.15, 0.2) is 0 Å². The number of hydrogen-bond donors (Lipinski definition) is 2. The first-order valence-electron chi connectivity index (χ1n) is 12.6. The maximum absolute atomic E-state index is 14.0. The summed E-state index contributed by atoms with van der Waals surface area (Å²) in [6.07, 6.45) is 0.0902. The van der Waals surface area contributed by atoms with E-state index in [1.165, 1.54) is 33.5 Å². The van der Waals surface area contributed by atoms with Crippen molar-refractivity contribution in [3.05, 3.63) is 53.8 Å². The van der Waals surface area contributed by atoms with Crippen LogP contribution < -0.4 is 10.1 Å². The summed E-state index contributed by atoms with van der Waals surface area (Å²) in [5.74, 6) is 5.79. The molecule has 1 aliphatic heterocycles. The number of nitrogens with one attached hydrogen (secondary N) is 1. The van der Waals surface area contributed by atoms with E-state index in [0.717, 1.165) is 0 Å². The fourth-order valence-corrected chi connectivity index (χ4v) is 5.83. The van der Waals surface area contributed by atoms with E-state index in [9.17, 15) is 22.7 Å². The first-order chi connectivity index (χ1) is 17.9. The van der Waals surface area contributed by atoms with Gasteiger partial charge in [-0.1, -0.05) is 44.7 Å². The molecule has 0 aromatic heterocycles. The Morgan fingerprint density at radius 2 is 1.97 bits per heavy atom. The van der Waals surface area contributed by atoms with E-state index >= 15 is 0 Å². The van der Waals surface area contributed by atoms with Gasteiger partial charge in [0, 0.05) is 37.5 Å². The quantitative estimate of drug-likeness (QED) is 0.532. The number of para-hydroxylation sites is 1. The number of fused-ring (bicyclic) bond motifs is 1. The first-order valence-corrected chi connectivity index (χ1v) is 14.1. The van der Waals surface area contributed by atoms with Crippen LogP contribution in [0, 0.1) is 29.5 Å². The lowest BCUT2D eigenvalue weighted by molar-refractivity contribution is 0.0830. The molecule has 2 amide bonds. The van der Waals surface area contributed by atoms with E-state index in [4.69, 9.17) is 4.74 Å². The van der Waals surface area contributed by atoms with E-state index in [1.807, 2.05) is 6.92 Å². The van der Waals surface area contributed by atoms with Crippen LogP contribution in [-0.4, -0.2) is 67.7 Å². The molecule has 1 aliphatic rings. The Balaban J connectivity index is 1.95. The number of rotatable bonds is 6. The molecule has 3 rings (SSSR count). The number of ether oxygens (including phenoxy) is 1. The maximum atomic E-state index is 14.0. The molecular weight excluding hydrogens is 509 g/mol. The normalized spacial score (nSPS) is 19.7. The third-order valence-corrected chi connectivity index (χ3v) is 8.35. The van der Waals surface area contributed by atoms with Crippen molar-refractivity contribution in [2.45, 2.75) is 51.2 Å². The predicted molar refractivity (Wildman–Crippen MR) is 145 cm³/mol. The minimum absolute atomic E-state index is 0.0254. The zero-order valence-electron chi connectivity index (χ0n) is 22.4. The number of nitrogens with zero attached hydrogens (tertiary/aromatic N) is 2. The van der Waals surface area contributed by atoms with Gasteiger partial charge in [0.25, 0.3) is 0 Å². The van der Waals surface area contributed by atoms with Gasteiger partial charge in [0.2, 0.25) is 10.0 Å². The van der Waals surface area contributed by atoms with Crippen LogP contribution in [0.1, 0.15) is 39.7 Å². The molecular formula is C28H36FN3O5S. The highest BCUT2D eigenvalue weighted by Gasteiger charge is 2.38. The van der Waals surface area contributed by atoms with Crippen LogP contribution in [-0.2, 0) is 10.0 Å². The second kappa shape index (κ2) is 12.6. The van der Waals surface area contributed by atoms with Crippen LogP contribution in [0.25, 0.3) is 0 Å². The highest BCUT2D eigenvalue weighted by atomic mass is 32.2. The zero-order chi connectivity index (χ0) is 28.0. The van der Waals surface area contributed by atoms with Gasteiger partial charge >= 0.3 is 6.03 Å². The largest absolute Gasteiger partial charge is 0.487 e. The molecule has 2 aromatic rings. The fourth-order valence-electron chi connectivity index (χ4n) is 4.00. The first kappa shape index (κ1) is 29.4. The SMILES string of the molecule is CC(C)CC#Cc1ccc2c(c1)O[C@H](CN(C)C(=O)Nc1ccccc1F)[C@H](C)CN([C@H](C)CO)S2(=O)=O. The molecule has 0 radical (unpaired) electrons. The zero-order valence-corrected chi connectivity index (χ0v) is 23.3. The molecule has 0 aliphatic carbocycles. The molecule has 0 fully saturated rings. The number of halogens is 1. The molecule has 0 saturated carbocycles. The number of likely N-dealkylation sites (N-methyl/N-ethyl adjacent to an activating group) is 1. The van der Waals surface area contributed by atoms with Crippen molar-refractivity contribution in [2.24, 2.45) is 11.8 Å². The second-order valence-electron chi connectivity index (χ2n) is 10.1. The van der Waals surface area contributed by atoms with E-state index in [-0.39, 0.29) is 41.9 Å². The highest BCUT2D eigenvalue weighted by molar-refractivity contribution is 7.89. The summed E-state index contributed by atoms with van der Waals surface area (Å²) >= 11 is 0. The summed E-state index contributed by atoms with van der Waals surface area (Å²) in [6.45, 7) is 7.42. The monoisotopic (exact) mass is 545 g/mol. The summed E-state index contributed by atoms with van der Waals surface area (Å²) in [6, 6.07) is 9.40. The predicted octanol–water partition coefficient (Wildman–Crippen LogP) is 4.16. The topological polar surface area (TPSA) is 99.2 Å². The Morgan fingerprint density at radius 3 is 2.63 bits per heavy atom. The molecule has 10 heteroatoms. The number of benzene rings is 2. The number of aliphatic hydroxyl groups is 1. The lowest BCUT2D eigenvalue weighted by Crippen LogP contribution is -2.50. The number of anilines is 1. The fraction of sp³-hybridized carbons (Fsp3) is 0.464. The molecule has 2 aromatic carbocycles. The Morgan fingerprint density at radius 1 is 1.26 bits per heavy atom. The summed E-state index contributed by atoms with van der Waals surface area (Å²) in [5, 5.41) is 12.4. The van der Waals surface area contributed by atoms with Crippen LogP contribution in [0.15, 0.2) is 47.4 Å². The lowest BCUT2D eigenvalue weighted by Gasteiger charge is -2.37. The maximum Gasteiger partial charge on any atom is 0.321 e. The van der Waals surface area contributed by atoms with E-state index in [2.05, 4.69) is 31.0 Å². The minimum Gasteiger partial charge on any atom is -0.487 e. The Labute approximate surface area is 224 Å². The van der Waals surface area contributed by atoms with Gasteiger partial charge in [0.1, 0.15) is 22.6 Å². The van der Waals surface area contributed by atoms with Gasteiger partial charge in [-0.15, -0.1) is 0 Å². The summed E-state index contributed by atoms with van der Waals surface area (Å²) in [4.78, 5) is 14.2. The average molecular weight is 546 g/mol. The van der Waals surface area contributed by atoms with E-state index in [1.54, 1.807) is 32.2 Å². The van der Waals surface area contributed by atoms with Crippen molar-refractivity contribution in [3.8, 4) is 17.6 Å². The summed E-state index contributed by atoms with van der Waals surface area (Å²) < 4.78 is 48.8. The number of hydrogen-bond acceptors (Lipinski definition) is 5. The molecule has 206 valence electrons. The van der Waals surface area contributed by atoms with E-state index in [0.29, 0.717) is 17.9 Å². The molecule has 38 heavy (non-hydrogen) atoms. The van der Waals surface area contributed by atoms with Crippen molar-refractivity contribution in [2.75, 3.05) is 32.1 Å². The van der Waals surface area contributed by atoms with Crippen LogP contribution in [0.5, 0.6) is 5.75 Å². The lowest BCUT2D eigenvalue weighted by atomic mass is 10.0. The van der Waals surface area contributed by atoms with Crippen molar-refractivity contribution >= 4 is 21.7 Å². The molecule has 0 unspecified atom stereocenters. The van der Waals surface area contributed by atoms with Crippen LogP contribution in [0.2, 0.25) is 0 Å². The molecule has 8 nitrogen and oxygen atoms in total. The third kappa shape index (κ3) is 7.04. The minimum atomic E-state index is -3.99. The van der Waals surface area contributed by atoms with Gasteiger partial charge < -0.3 is 20.1 Å². The average Bonchev–Trinajstić information content (AvgIpc) is 2.86. The number of amides is 2. The van der Waals surface area contributed by atoms with Gasteiger partial charge in [0.05, 0.1) is 18.8 Å². The number of urea groups is 1. The van der Waals surface area contributed by atoms with Gasteiger partial charge in [-0.25, -0.2) is 17.6 Å². The number of carbonyl (C=O) groups is 1. The molecule has 1 heterocycles. The molecule has 3 atom stereocenters. The summed E-state index contributed by atoms with van der Waals surface area (Å²) in [5.41, 5.74) is 0.666. The number of aliphatic hydroxyl groups excluding tert-OH is 1. The van der Waals surface area contributed by atoms with E-state index < -0.39 is 34.0 Å². The molecule has 0 spiro atoms. The van der Waals surface area contributed by atoms with Crippen molar-refractivity contribution in [3.63, 3.8) is 0 Å². The molecule has 0 bridgehead atoms. The van der Waals surface area contributed by atoms with Gasteiger partial charge in [-0.3, -0.25) is 0 Å². The second-order valence-corrected chi connectivity index (χ2v) is 12.0. The molecule has 2 N–H and O–H groups in total. The standard InChI is InChI=1S/C28H36FN3O5S/c1-19(2)9-8-10-22-13-14-27-25(15-22)37-26(20(3)16-32(21(4)18-33)38(27,35)36)17-31(5)28(34)30-24-12-7-6-11-23(24)29/h6-7,11-15,19-21,26,33H,9,16-18H2,1-5H3,(H,30,34)/t20-,21-,26-/m1/s1. The van der Waals surface area contributed by atoms with Crippen molar-refractivity contribution in [1.82, 2.24) is 9.21 Å². The Kier molecular flexibility index (Phi) is 9.77. The van der Waals surface area contributed by atoms with Crippen molar-refractivity contribution in [1.29, 1.82) is 0 Å². The van der Waals surface area contributed by atoms with Crippen LogP contribution in [0.4, 0.5) is 14.9 Å². The number of sulfonamides is 1. The van der Waals surface area contributed by atoms with Gasteiger partial charge in [-0.2, -0.15) is 4.31 Å². The Bertz CT molecular complexity index is 1310. The molecule has 0 saturated heterocycles. The van der Waals surface area contributed by atoms with Crippen LogP contribution in [0.3, 0.4) is 0 Å². The van der Waals surface area contributed by atoms with Crippen molar-refractivity contribution < 1.29 is 27.4 Å². The third-order valence-electron chi connectivity index (χ3n) is 6.33. The highest BCUT2D eigenvalue weighted by Crippen LogP contribution is 2.34. The summed E-state index contributed by atoms with van der Waals surface area (Å²) in [7, 11) is -2.43. The Hall–Kier alpha value is -3.13. The van der Waals surface area contributed by atoms with Gasteiger partial charge in [-0.05, 0) is 43.2 Å². The number of carbonyl (C=O) groups excluding carboxylic acids is 1.